The van der Waals surface area contributed by atoms with Gasteiger partial charge in [-0.05, 0) is 26.0 Å². The van der Waals surface area contributed by atoms with Crippen LogP contribution in [0.5, 0.6) is 0 Å². The van der Waals surface area contributed by atoms with E-state index in [2.05, 4.69) is 4.99 Å². The molecule has 1 aliphatic heterocycles. The highest BCUT2D eigenvalue weighted by Crippen LogP contribution is 2.13. The predicted octanol–water partition coefficient (Wildman–Crippen LogP) is 2.96. The first-order valence-electron chi connectivity index (χ1n) is 4.87. The number of hydrogen-bond donors (Lipinski definition) is 0. The largest absolute Gasteiger partial charge is 0.494 e. The molecule has 74 valence electrons. The fourth-order valence-corrected chi connectivity index (χ4v) is 1.02. The van der Waals surface area contributed by atoms with Crippen molar-refractivity contribution in [1.82, 2.24) is 0 Å². The standard InChI is InChI=1S/C9H13NO.C2H6/c1-3-9(11-4-2)8-5-6-10-7-8;1-2/h3,5-6H,4,7H2,1-2H3;1-2H3/b9-3-;. The maximum atomic E-state index is 5.39. The van der Waals surface area contributed by atoms with Gasteiger partial charge in [-0.1, -0.05) is 13.8 Å². The van der Waals surface area contributed by atoms with E-state index < -0.39 is 0 Å². The summed E-state index contributed by atoms with van der Waals surface area (Å²) < 4.78 is 5.39. The predicted molar refractivity (Wildman–Crippen MR) is 58.2 cm³/mol. The molecule has 0 fully saturated rings. The minimum absolute atomic E-state index is 0.719. The van der Waals surface area contributed by atoms with Gasteiger partial charge in [-0.25, -0.2) is 0 Å². The minimum atomic E-state index is 0.719. The number of rotatable bonds is 3. The molecule has 0 aliphatic carbocycles. The van der Waals surface area contributed by atoms with Crippen LogP contribution in [0.25, 0.3) is 0 Å². The second-order valence-electron chi connectivity index (χ2n) is 2.27. The molecule has 2 heteroatoms. The summed E-state index contributed by atoms with van der Waals surface area (Å²) in [5.74, 6) is 0.963. The number of nitrogens with zero attached hydrogens (tertiary/aromatic N) is 1. The molecule has 0 aromatic carbocycles. The van der Waals surface area contributed by atoms with Crippen LogP contribution in [0.2, 0.25) is 0 Å². The highest BCUT2D eigenvalue weighted by atomic mass is 16.5. The molecule has 0 bridgehead atoms. The zero-order chi connectivity index (χ0) is 10.1. The Bertz CT molecular complexity index is 214. The Balaban J connectivity index is 0.000000671. The average molecular weight is 181 g/mol. The summed E-state index contributed by atoms with van der Waals surface area (Å²) in [6.07, 6.45) is 5.78. The second-order valence-corrected chi connectivity index (χ2v) is 2.27. The molecule has 0 amide bonds. The van der Waals surface area contributed by atoms with E-state index >= 15 is 0 Å². The van der Waals surface area contributed by atoms with Gasteiger partial charge < -0.3 is 4.74 Å². The Morgan fingerprint density at radius 1 is 1.62 bits per heavy atom. The molecule has 0 aromatic heterocycles. The van der Waals surface area contributed by atoms with Crippen LogP contribution >= 0.6 is 0 Å². The van der Waals surface area contributed by atoms with Crippen molar-refractivity contribution in [1.29, 1.82) is 0 Å². The van der Waals surface area contributed by atoms with E-state index in [0.717, 1.165) is 18.9 Å². The van der Waals surface area contributed by atoms with Gasteiger partial charge in [-0.2, -0.15) is 0 Å². The fourth-order valence-electron chi connectivity index (χ4n) is 1.02. The van der Waals surface area contributed by atoms with Gasteiger partial charge in [0.25, 0.3) is 0 Å². The molecule has 0 unspecified atom stereocenters. The molecule has 1 aliphatic rings. The maximum absolute atomic E-state index is 5.39. The highest BCUT2D eigenvalue weighted by molar-refractivity contribution is 5.76. The molecule has 0 aromatic rings. The lowest BCUT2D eigenvalue weighted by atomic mass is 10.2. The highest BCUT2D eigenvalue weighted by Gasteiger charge is 2.05. The van der Waals surface area contributed by atoms with E-state index in [1.54, 1.807) is 0 Å². The SMILES string of the molecule is C/C=C(\OCC)C1=CC=NC1.CC. The molecule has 1 heterocycles. The third kappa shape index (κ3) is 3.92. The Morgan fingerprint density at radius 3 is 2.69 bits per heavy atom. The molecular weight excluding hydrogens is 162 g/mol. The Hall–Kier alpha value is -1.05. The monoisotopic (exact) mass is 181 g/mol. The molecule has 13 heavy (non-hydrogen) atoms. The molecule has 1 rings (SSSR count). The number of ether oxygens (including phenoxy) is 1. The Labute approximate surface area is 81.0 Å². The van der Waals surface area contributed by atoms with E-state index in [1.165, 1.54) is 5.57 Å². The van der Waals surface area contributed by atoms with Crippen molar-refractivity contribution in [2.75, 3.05) is 13.2 Å². The van der Waals surface area contributed by atoms with Crippen LogP contribution < -0.4 is 0 Å². The van der Waals surface area contributed by atoms with E-state index in [1.807, 2.05) is 46.1 Å². The summed E-state index contributed by atoms with van der Waals surface area (Å²) in [5.41, 5.74) is 1.18. The summed E-state index contributed by atoms with van der Waals surface area (Å²) in [7, 11) is 0. The fraction of sp³-hybridized carbons (Fsp3) is 0.545. The van der Waals surface area contributed by atoms with Gasteiger partial charge in [0.15, 0.2) is 0 Å². The molecule has 0 N–H and O–H groups in total. The molecule has 0 radical (unpaired) electrons. The lowest BCUT2D eigenvalue weighted by Gasteiger charge is -2.07. The lowest BCUT2D eigenvalue weighted by Crippen LogP contribution is -1.96. The van der Waals surface area contributed by atoms with E-state index in [0.29, 0.717) is 0 Å². The van der Waals surface area contributed by atoms with Gasteiger partial charge >= 0.3 is 0 Å². The Morgan fingerprint density at radius 2 is 2.31 bits per heavy atom. The van der Waals surface area contributed by atoms with Crippen LogP contribution in [0.1, 0.15) is 27.7 Å². The van der Waals surface area contributed by atoms with Gasteiger partial charge in [0.2, 0.25) is 0 Å². The van der Waals surface area contributed by atoms with Crippen molar-refractivity contribution in [2.45, 2.75) is 27.7 Å². The summed E-state index contributed by atoms with van der Waals surface area (Å²) in [6, 6.07) is 0. The van der Waals surface area contributed by atoms with Crippen molar-refractivity contribution in [3.8, 4) is 0 Å². The van der Waals surface area contributed by atoms with Crippen LogP contribution in [0, 0.1) is 0 Å². The summed E-state index contributed by atoms with van der Waals surface area (Å²) >= 11 is 0. The zero-order valence-corrected chi connectivity index (χ0v) is 9.00. The van der Waals surface area contributed by atoms with Gasteiger partial charge in [0, 0.05) is 11.8 Å². The average Bonchev–Trinajstić information content (AvgIpc) is 2.70. The molecule has 0 atom stereocenters. The number of hydrogen-bond acceptors (Lipinski definition) is 2. The minimum Gasteiger partial charge on any atom is -0.494 e. The third-order valence-electron chi connectivity index (χ3n) is 1.52. The van der Waals surface area contributed by atoms with E-state index in [9.17, 15) is 0 Å². The topological polar surface area (TPSA) is 21.6 Å². The first-order valence-corrected chi connectivity index (χ1v) is 4.87. The van der Waals surface area contributed by atoms with Crippen molar-refractivity contribution in [3.05, 3.63) is 23.5 Å². The van der Waals surface area contributed by atoms with Gasteiger partial charge in [0.1, 0.15) is 5.76 Å². The molecular formula is C11H19NO. The third-order valence-corrected chi connectivity index (χ3v) is 1.52. The van der Waals surface area contributed by atoms with E-state index in [-0.39, 0.29) is 0 Å². The second kappa shape index (κ2) is 7.59. The van der Waals surface area contributed by atoms with Gasteiger partial charge in [-0.15, -0.1) is 0 Å². The maximum Gasteiger partial charge on any atom is 0.120 e. The van der Waals surface area contributed by atoms with Gasteiger partial charge in [-0.3, -0.25) is 4.99 Å². The first-order chi connectivity index (χ1) is 6.38. The number of aliphatic imine (C=N–C) groups is 1. The smallest absolute Gasteiger partial charge is 0.120 e. The van der Waals surface area contributed by atoms with Crippen LogP contribution in [0.4, 0.5) is 0 Å². The van der Waals surface area contributed by atoms with Gasteiger partial charge in [0.05, 0.1) is 13.2 Å². The number of allylic oxidation sites excluding steroid dienone is 2. The lowest BCUT2D eigenvalue weighted by molar-refractivity contribution is 0.237. The molecule has 0 spiro atoms. The van der Waals surface area contributed by atoms with E-state index in [4.69, 9.17) is 4.74 Å². The van der Waals surface area contributed by atoms with Crippen LogP contribution in [-0.2, 0) is 4.74 Å². The first kappa shape index (κ1) is 11.9. The van der Waals surface area contributed by atoms with Crippen molar-refractivity contribution in [3.63, 3.8) is 0 Å². The quantitative estimate of drug-likeness (QED) is 0.613. The van der Waals surface area contributed by atoms with Crippen LogP contribution in [0.3, 0.4) is 0 Å². The zero-order valence-electron chi connectivity index (χ0n) is 9.00. The van der Waals surface area contributed by atoms with Crippen molar-refractivity contribution in [2.24, 2.45) is 4.99 Å². The molecule has 0 saturated heterocycles. The van der Waals surface area contributed by atoms with Crippen molar-refractivity contribution >= 4 is 6.21 Å². The summed E-state index contributed by atoms with van der Waals surface area (Å²) in [5, 5.41) is 0. The summed E-state index contributed by atoms with van der Waals surface area (Å²) in [6.45, 7) is 9.45. The van der Waals surface area contributed by atoms with Crippen LogP contribution in [0.15, 0.2) is 28.5 Å². The van der Waals surface area contributed by atoms with Crippen molar-refractivity contribution < 1.29 is 4.74 Å². The van der Waals surface area contributed by atoms with Crippen LogP contribution in [-0.4, -0.2) is 19.4 Å². The molecule has 0 saturated carbocycles. The molecule has 2 nitrogen and oxygen atoms in total. The summed E-state index contributed by atoms with van der Waals surface area (Å²) in [4.78, 5) is 4.08. The Kier molecular flexibility index (Phi) is 6.98. The normalized spacial score (nSPS) is 14.8.